The van der Waals surface area contributed by atoms with Gasteiger partial charge in [-0.15, -0.1) is 0 Å². The first-order valence-electron chi connectivity index (χ1n) is 7.47. The van der Waals surface area contributed by atoms with Crippen LogP contribution in [0.15, 0.2) is 0 Å². The highest BCUT2D eigenvalue weighted by molar-refractivity contribution is 4.65. The first-order valence-corrected chi connectivity index (χ1v) is 7.47. The molecule has 1 atom stereocenters. The molecule has 0 aliphatic heterocycles. The van der Waals surface area contributed by atoms with Crippen LogP contribution in [0.1, 0.15) is 33.1 Å². The van der Waals surface area contributed by atoms with Crippen molar-refractivity contribution < 1.29 is 14.2 Å². The molecule has 0 aromatic heterocycles. The lowest BCUT2D eigenvalue weighted by Crippen LogP contribution is -2.27. The van der Waals surface area contributed by atoms with Crippen LogP contribution in [-0.4, -0.2) is 53.7 Å². The van der Waals surface area contributed by atoms with Crippen LogP contribution in [0.3, 0.4) is 0 Å². The van der Waals surface area contributed by atoms with Crippen LogP contribution in [0.2, 0.25) is 0 Å². The molecule has 116 valence electrons. The Kier molecular flexibility index (Phi) is 14.1. The van der Waals surface area contributed by atoms with Gasteiger partial charge in [0, 0.05) is 27.4 Å². The van der Waals surface area contributed by atoms with Crippen molar-refractivity contribution in [1.82, 2.24) is 5.32 Å². The van der Waals surface area contributed by atoms with E-state index in [1.807, 2.05) is 0 Å². The second kappa shape index (κ2) is 14.3. The first-order chi connectivity index (χ1) is 9.20. The van der Waals surface area contributed by atoms with Crippen molar-refractivity contribution in [2.24, 2.45) is 11.8 Å². The maximum absolute atomic E-state index is 5.51. The lowest BCUT2D eigenvalue weighted by molar-refractivity contribution is 0.0667. The first kappa shape index (κ1) is 18.8. The summed E-state index contributed by atoms with van der Waals surface area (Å²) in [6.45, 7) is 9.62. The third-order valence-electron chi connectivity index (χ3n) is 3.05. The van der Waals surface area contributed by atoms with Gasteiger partial charge in [-0.1, -0.05) is 13.8 Å². The molecule has 0 saturated heterocycles. The van der Waals surface area contributed by atoms with Crippen LogP contribution in [0, 0.1) is 11.8 Å². The van der Waals surface area contributed by atoms with Gasteiger partial charge in [0.1, 0.15) is 0 Å². The van der Waals surface area contributed by atoms with E-state index in [1.165, 1.54) is 12.8 Å². The summed E-state index contributed by atoms with van der Waals surface area (Å²) in [7, 11) is 3.44. The summed E-state index contributed by atoms with van der Waals surface area (Å²) >= 11 is 0. The third kappa shape index (κ3) is 14.1. The molecule has 0 fully saturated rings. The molecule has 0 amide bonds. The van der Waals surface area contributed by atoms with Crippen molar-refractivity contribution in [3.63, 3.8) is 0 Å². The standard InChI is InChI=1S/C15H33NO3/c1-14(2)12-15(13-16-7-9-17-3)6-5-8-19-11-10-18-4/h14-16H,5-13H2,1-4H3. The molecule has 0 aromatic rings. The SMILES string of the molecule is COCCNCC(CCCOCCOC)CC(C)C. The third-order valence-corrected chi connectivity index (χ3v) is 3.05. The van der Waals surface area contributed by atoms with E-state index in [4.69, 9.17) is 14.2 Å². The molecule has 0 rings (SSSR count). The van der Waals surface area contributed by atoms with E-state index < -0.39 is 0 Å². The maximum Gasteiger partial charge on any atom is 0.0700 e. The van der Waals surface area contributed by atoms with Gasteiger partial charge < -0.3 is 19.5 Å². The van der Waals surface area contributed by atoms with E-state index in [-0.39, 0.29) is 0 Å². The quantitative estimate of drug-likeness (QED) is 0.494. The van der Waals surface area contributed by atoms with Gasteiger partial charge >= 0.3 is 0 Å². The fraction of sp³-hybridized carbons (Fsp3) is 1.00. The molecule has 0 spiro atoms. The molecule has 19 heavy (non-hydrogen) atoms. The Morgan fingerprint density at radius 2 is 1.68 bits per heavy atom. The molecule has 0 aliphatic rings. The minimum Gasteiger partial charge on any atom is -0.383 e. The number of ether oxygens (including phenoxy) is 3. The number of nitrogens with one attached hydrogen (secondary N) is 1. The van der Waals surface area contributed by atoms with E-state index in [2.05, 4.69) is 19.2 Å². The molecule has 4 nitrogen and oxygen atoms in total. The summed E-state index contributed by atoms with van der Waals surface area (Å²) in [6.07, 6.45) is 3.64. The van der Waals surface area contributed by atoms with Crippen LogP contribution < -0.4 is 5.32 Å². The van der Waals surface area contributed by atoms with Crippen LogP contribution in [-0.2, 0) is 14.2 Å². The molecule has 0 aliphatic carbocycles. The van der Waals surface area contributed by atoms with Gasteiger partial charge in [-0.25, -0.2) is 0 Å². The number of hydrogen-bond donors (Lipinski definition) is 1. The van der Waals surface area contributed by atoms with Gasteiger partial charge in [0.15, 0.2) is 0 Å². The van der Waals surface area contributed by atoms with Gasteiger partial charge in [0.25, 0.3) is 0 Å². The van der Waals surface area contributed by atoms with Gasteiger partial charge in [0.2, 0.25) is 0 Å². The summed E-state index contributed by atoms with van der Waals surface area (Å²) in [6, 6.07) is 0. The predicted molar refractivity (Wildman–Crippen MR) is 79.6 cm³/mol. The Labute approximate surface area is 119 Å². The molecular weight excluding hydrogens is 242 g/mol. The average Bonchev–Trinajstić information content (AvgIpc) is 2.37. The molecule has 0 aromatic carbocycles. The normalized spacial score (nSPS) is 13.1. The second-order valence-corrected chi connectivity index (χ2v) is 5.44. The second-order valence-electron chi connectivity index (χ2n) is 5.44. The summed E-state index contributed by atoms with van der Waals surface area (Å²) in [5, 5.41) is 3.47. The number of rotatable bonds is 14. The van der Waals surface area contributed by atoms with Gasteiger partial charge in [-0.3, -0.25) is 0 Å². The zero-order valence-electron chi connectivity index (χ0n) is 13.2. The van der Waals surface area contributed by atoms with Crippen LogP contribution >= 0.6 is 0 Å². The summed E-state index contributed by atoms with van der Waals surface area (Å²) in [5.41, 5.74) is 0. The number of methoxy groups -OCH3 is 2. The molecular formula is C15H33NO3. The van der Waals surface area contributed by atoms with Gasteiger partial charge in [-0.05, 0) is 37.6 Å². The minimum absolute atomic E-state index is 0.688. The van der Waals surface area contributed by atoms with Crippen molar-refractivity contribution in [3.8, 4) is 0 Å². The van der Waals surface area contributed by atoms with Crippen molar-refractivity contribution in [3.05, 3.63) is 0 Å². The largest absolute Gasteiger partial charge is 0.383 e. The van der Waals surface area contributed by atoms with Crippen molar-refractivity contribution >= 4 is 0 Å². The van der Waals surface area contributed by atoms with E-state index in [9.17, 15) is 0 Å². The van der Waals surface area contributed by atoms with E-state index in [0.717, 1.165) is 44.6 Å². The molecule has 0 heterocycles. The van der Waals surface area contributed by atoms with Crippen LogP contribution in [0.4, 0.5) is 0 Å². The Morgan fingerprint density at radius 1 is 0.947 bits per heavy atom. The fourth-order valence-corrected chi connectivity index (χ4v) is 2.17. The Morgan fingerprint density at radius 3 is 2.32 bits per heavy atom. The Hall–Kier alpha value is -0.160. The molecule has 0 radical (unpaired) electrons. The number of hydrogen-bond acceptors (Lipinski definition) is 4. The monoisotopic (exact) mass is 275 g/mol. The molecule has 0 saturated carbocycles. The van der Waals surface area contributed by atoms with Crippen molar-refractivity contribution in [2.75, 3.05) is 53.7 Å². The summed E-state index contributed by atoms with van der Waals surface area (Å²) < 4.78 is 15.5. The highest BCUT2D eigenvalue weighted by Crippen LogP contribution is 2.16. The van der Waals surface area contributed by atoms with E-state index >= 15 is 0 Å². The van der Waals surface area contributed by atoms with Crippen LogP contribution in [0.25, 0.3) is 0 Å². The zero-order chi connectivity index (χ0) is 14.3. The predicted octanol–water partition coefficient (Wildman–Crippen LogP) is 2.33. The molecule has 0 bridgehead atoms. The Balaban J connectivity index is 3.61. The summed E-state index contributed by atoms with van der Waals surface area (Å²) in [4.78, 5) is 0. The highest BCUT2D eigenvalue weighted by atomic mass is 16.5. The summed E-state index contributed by atoms with van der Waals surface area (Å²) in [5.74, 6) is 1.49. The minimum atomic E-state index is 0.688. The van der Waals surface area contributed by atoms with Gasteiger partial charge in [-0.2, -0.15) is 0 Å². The Bertz CT molecular complexity index is 177. The van der Waals surface area contributed by atoms with E-state index in [1.54, 1.807) is 14.2 Å². The average molecular weight is 275 g/mol. The molecule has 1 N–H and O–H groups in total. The van der Waals surface area contributed by atoms with Crippen molar-refractivity contribution in [1.29, 1.82) is 0 Å². The fourth-order valence-electron chi connectivity index (χ4n) is 2.17. The maximum atomic E-state index is 5.51. The lowest BCUT2D eigenvalue weighted by atomic mass is 9.93. The highest BCUT2D eigenvalue weighted by Gasteiger charge is 2.10. The van der Waals surface area contributed by atoms with Crippen LogP contribution in [0.5, 0.6) is 0 Å². The van der Waals surface area contributed by atoms with Crippen molar-refractivity contribution in [2.45, 2.75) is 33.1 Å². The molecule has 4 heteroatoms. The van der Waals surface area contributed by atoms with Gasteiger partial charge in [0.05, 0.1) is 19.8 Å². The van der Waals surface area contributed by atoms with E-state index in [0.29, 0.717) is 13.2 Å². The topological polar surface area (TPSA) is 39.7 Å². The molecule has 1 unspecified atom stereocenters. The smallest absolute Gasteiger partial charge is 0.0700 e. The lowest BCUT2D eigenvalue weighted by Gasteiger charge is -2.19. The zero-order valence-corrected chi connectivity index (χ0v) is 13.2.